The second-order valence-electron chi connectivity index (χ2n) is 7.35. The van der Waals surface area contributed by atoms with Gasteiger partial charge in [0.25, 0.3) is 0 Å². The number of rotatable bonds is 5. The third kappa shape index (κ3) is 4.50. The monoisotopic (exact) mass is 333 g/mol. The summed E-state index contributed by atoms with van der Waals surface area (Å²) in [6.45, 7) is 10.2. The van der Waals surface area contributed by atoms with Gasteiger partial charge in [-0.1, -0.05) is 19.9 Å². The molecule has 1 fully saturated rings. The fourth-order valence-electron chi connectivity index (χ4n) is 3.69. The van der Waals surface area contributed by atoms with Gasteiger partial charge in [0.1, 0.15) is 5.75 Å². The first-order valence-electron chi connectivity index (χ1n) is 8.88. The fourth-order valence-corrected chi connectivity index (χ4v) is 3.69. The van der Waals surface area contributed by atoms with Gasteiger partial charge in [-0.25, -0.2) is 0 Å². The second kappa shape index (κ2) is 8.02. The fraction of sp³-hybridized carbons (Fsp3) is 0.650. The number of carbonyl (C=O) groups excluding carboxylic acids is 1. The van der Waals surface area contributed by atoms with Crippen molar-refractivity contribution in [2.45, 2.75) is 72.1 Å². The van der Waals surface area contributed by atoms with E-state index >= 15 is 0 Å². The number of hydrogen-bond donors (Lipinski definition) is 1. The molecule has 1 saturated heterocycles. The zero-order valence-corrected chi connectivity index (χ0v) is 15.8. The summed E-state index contributed by atoms with van der Waals surface area (Å²) in [5.74, 6) is 1.52. The Morgan fingerprint density at radius 2 is 2.00 bits per heavy atom. The number of nitrogens with one attached hydrogen (secondary N) is 1. The van der Waals surface area contributed by atoms with Crippen LogP contribution in [0.4, 0.5) is 0 Å². The Morgan fingerprint density at radius 1 is 1.29 bits per heavy atom. The van der Waals surface area contributed by atoms with E-state index in [9.17, 15) is 4.79 Å². The third-order valence-corrected chi connectivity index (χ3v) is 4.89. The van der Waals surface area contributed by atoms with Gasteiger partial charge in [-0.2, -0.15) is 0 Å². The average Bonchev–Trinajstić information content (AvgIpc) is 2.48. The van der Waals surface area contributed by atoms with Gasteiger partial charge < -0.3 is 14.8 Å². The highest BCUT2D eigenvalue weighted by Crippen LogP contribution is 2.37. The number of carbonyl (C=O) groups is 1. The number of amides is 1. The van der Waals surface area contributed by atoms with Crippen LogP contribution >= 0.6 is 0 Å². The number of hydrogen-bond acceptors (Lipinski definition) is 3. The van der Waals surface area contributed by atoms with Crippen LogP contribution in [0.2, 0.25) is 0 Å². The van der Waals surface area contributed by atoms with Crippen molar-refractivity contribution in [3.63, 3.8) is 0 Å². The van der Waals surface area contributed by atoms with Crippen molar-refractivity contribution in [1.82, 2.24) is 5.32 Å². The molecule has 4 heteroatoms. The van der Waals surface area contributed by atoms with Gasteiger partial charge in [0, 0.05) is 13.0 Å². The molecule has 0 aromatic heterocycles. The summed E-state index contributed by atoms with van der Waals surface area (Å²) in [6.07, 6.45) is 2.93. The molecular formula is C20H31NO3. The van der Waals surface area contributed by atoms with Crippen LogP contribution < -0.4 is 10.1 Å². The average molecular weight is 333 g/mol. The SMILES string of the molecule is COc1ccc([C@@H]2C[C@H](NC(C)=O)C[C@H](CC(C)C)O2)c(C)c1C. The molecule has 0 bridgehead atoms. The predicted molar refractivity (Wildman–Crippen MR) is 96.4 cm³/mol. The van der Waals surface area contributed by atoms with Gasteiger partial charge in [-0.15, -0.1) is 0 Å². The molecule has 1 aromatic carbocycles. The molecule has 3 atom stereocenters. The molecule has 1 N–H and O–H groups in total. The van der Waals surface area contributed by atoms with Crippen molar-refractivity contribution >= 4 is 5.91 Å². The van der Waals surface area contributed by atoms with E-state index in [0.717, 1.165) is 30.6 Å². The summed E-state index contributed by atoms with van der Waals surface area (Å²) in [6, 6.07) is 4.29. The standard InChI is InChI=1S/C20H31NO3/c1-12(2)9-17-10-16(21-15(5)22)11-20(24-17)18-7-8-19(23-6)14(4)13(18)3/h7-8,12,16-17,20H,9-11H2,1-6H3,(H,21,22)/t16-,17+,20+/m1/s1. The van der Waals surface area contributed by atoms with E-state index in [-0.39, 0.29) is 24.2 Å². The van der Waals surface area contributed by atoms with Crippen LogP contribution in [0, 0.1) is 19.8 Å². The maximum atomic E-state index is 11.5. The highest BCUT2D eigenvalue weighted by atomic mass is 16.5. The van der Waals surface area contributed by atoms with Gasteiger partial charge in [0.05, 0.1) is 19.3 Å². The van der Waals surface area contributed by atoms with E-state index < -0.39 is 0 Å². The highest BCUT2D eigenvalue weighted by molar-refractivity contribution is 5.73. The molecule has 0 aliphatic carbocycles. The number of benzene rings is 1. The van der Waals surface area contributed by atoms with Gasteiger partial charge in [-0.05, 0) is 61.8 Å². The maximum absolute atomic E-state index is 11.5. The zero-order valence-electron chi connectivity index (χ0n) is 15.8. The van der Waals surface area contributed by atoms with E-state index in [1.165, 1.54) is 11.1 Å². The highest BCUT2D eigenvalue weighted by Gasteiger charge is 2.32. The second-order valence-corrected chi connectivity index (χ2v) is 7.35. The normalized spacial score (nSPS) is 24.0. The van der Waals surface area contributed by atoms with Crippen LogP contribution in [-0.4, -0.2) is 25.2 Å². The quantitative estimate of drug-likeness (QED) is 0.883. The molecule has 134 valence electrons. The minimum Gasteiger partial charge on any atom is -0.496 e. The first-order valence-corrected chi connectivity index (χ1v) is 8.88. The lowest BCUT2D eigenvalue weighted by molar-refractivity contribution is -0.122. The minimum absolute atomic E-state index is 0.0176. The molecule has 0 radical (unpaired) electrons. The van der Waals surface area contributed by atoms with E-state index in [2.05, 4.69) is 39.1 Å². The summed E-state index contributed by atoms with van der Waals surface area (Å²) < 4.78 is 11.8. The Hall–Kier alpha value is -1.55. The van der Waals surface area contributed by atoms with Gasteiger partial charge >= 0.3 is 0 Å². The predicted octanol–water partition coefficient (Wildman–Crippen LogP) is 4.08. The summed E-state index contributed by atoms with van der Waals surface area (Å²) >= 11 is 0. The molecule has 0 saturated carbocycles. The van der Waals surface area contributed by atoms with E-state index in [0.29, 0.717) is 5.92 Å². The summed E-state index contributed by atoms with van der Waals surface area (Å²) in [4.78, 5) is 11.5. The minimum atomic E-state index is 0.0176. The van der Waals surface area contributed by atoms with Crippen LogP contribution in [0.5, 0.6) is 5.75 Å². The largest absolute Gasteiger partial charge is 0.496 e. The third-order valence-electron chi connectivity index (χ3n) is 4.89. The molecule has 0 spiro atoms. The van der Waals surface area contributed by atoms with Crippen LogP contribution in [0.1, 0.15) is 62.8 Å². The van der Waals surface area contributed by atoms with Crippen LogP contribution in [-0.2, 0) is 9.53 Å². The lowest BCUT2D eigenvalue weighted by Gasteiger charge is -2.37. The first kappa shape index (κ1) is 18.8. The molecule has 24 heavy (non-hydrogen) atoms. The lowest BCUT2D eigenvalue weighted by atomic mass is 9.88. The molecular weight excluding hydrogens is 302 g/mol. The Morgan fingerprint density at radius 3 is 2.58 bits per heavy atom. The Balaban J connectivity index is 2.26. The van der Waals surface area contributed by atoms with E-state index in [4.69, 9.17) is 9.47 Å². The van der Waals surface area contributed by atoms with Crippen LogP contribution in [0.25, 0.3) is 0 Å². The Bertz CT molecular complexity index is 582. The topological polar surface area (TPSA) is 47.6 Å². The molecule has 1 aromatic rings. The molecule has 2 rings (SSSR count). The van der Waals surface area contributed by atoms with Gasteiger partial charge in [0.2, 0.25) is 5.91 Å². The molecule has 1 heterocycles. The Labute approximate surface area is 145 Å². The first-order chi connectivity index (χ1) is 11.3. The zero-order chi connectivity index (χ0) is 17.9. The molecule has 0 unspecified atom stereocenters. The summed E-state index contributed by atoms with van der Waals surface area (Å²) in [5.41, 5.74) is 3.57. The van der Waals surface area contributed by atoms with Gasteiger partial charge in [0.15, 0.2) is 0 Å². The molecule has 1 amide bonds. The van der Waals surface area contributed by atoms with Crippen molar-refractivity contribution < 1.29 is 14.3 Å². The maximum Gasteiger partial charge on any atom is 0.217 e. The lowest BCUT2D eigenvalue weighted by Crippen LogP contribution is -2.42. The van der Waals surface area contributed by atoms with Crippen molar-refractivity contribution in [1.29, 1.82) is 0 Å². The summed E-state index contributed by atoms with van der Waals surface area (Å²) in [5, 5.41) is 3.10. The van der Waals surface area contributed by atoms with E-state index in [1.807, 2.05) is 6.07 Å². The van der Waals surface area contributed by atoms with Crippen molar-refractivity contribution in [3.8, 4) is 5.75 Å². The smallest absolute Gasteiger partial charge is 0.217 e. The van der Waals surface area contributed by atoms with Gasteiger partial charge in [-0.3, -0.25) is 4.79 Å². The van der Waals surface area contributed by atoms with Crippen LogP contribution in [0.3, 0.4) is 0 Å². The number of ether oxygens (including phenoxy) is 2. The Kier molecular flexibility index (Phi) is 6.27. The van der Waals surface area contributed by atoms with E-state index in [1.54, 1.807) is 14.0 Å². The van der Waals surface area contributed by atoms with Crippen molar-refractivity contribution in [3.05, 3.63) is 28.8 Å². The summed E-state index contributed by atoms with van der Waals surface area (Å²) in [7, 11) is 1.70. The molecule has 1 aliphatic rings. The molecule has 1 aliphatic heterocycles. The molecule has 4 nitrogen and oxygen atoms in total. The number of methoxy groups -OCH3 is 1. The van der Waals surface area contributed by atoms with Crippen molar-refractivity contribution in [2.75, 3.05) is 7.11 Å². The van der Waals surface area contributed by atoms with Crippen molar-refractivity contribution in [2.24, 2.45) is 5.92 Å². The van der Waals surface area contributed by atoms with Crippen LogP contribution in [0.15, 0.2) is 12.1 Å².